The highest BCUT2D eigenvalue weighted by atomic mass is 35.5. The Balaban J connectivity index is 2.55. The molecule has 2 aromatic heterocycles. The molecule has 3 rings (SSSR count). The van der Waals surface area contributed by atoms with E-state index < -0.39 is 11.5 Å². The van der Waals surface area contributed by atoms with Crippen LogP contribution in [0.3, 0.4) is 0 Å². The molecule has 0 saturated carbocycles. The Morgan fingerprint density at radius 3 is 2.58 bits per heavy atom. The molecule has 6 nitrogen and oxygen atoms in total. The number of halogens is 1. The topological polar surface area (TPSA) is 96.2 Å². The van der Waals surface area contributed by atoms with Gasteiger partial charge < -0.3 is 14.1 Å². The maximum absolute atomic E-state index is 12.5. The summed E-state index contributed by atoms with van der Waals surface area (Å²) in [5, 5.41) is 8.75. The minimum atomic E-state index is -0.754. The standard InChI is InChI=1S/C17H13ClN2O4/c1-8-7-11-13(16(21)20-8)12(9-3-5-10(18)6-4-9)14(15(19)24-11)17(22)23-2/h3-7,19H,1-2H3,(H,20,21). The first-order valence-electron chi connectivity index (χ1n) is 7.02. The molecule has 0 aliphatic carbocycles. The van der Waals surface area contributed by atoms with Crippen LogP contribution in [0.25, 0.3) is 22.1 Å². The van der Waals surface area contributed by atoms with Gasteiger partial charge in [-0.2, -0.15) is 0 Å². The lowest BCUT2D eigenvalue weighted by Crippen LogP contribution is -2.20. The Morgan fingerprint density at radius 1 is 1.29 bits per heavy atom. The fraction of sp³-hybridized carbons (Fsp3) is 0.118. The van der Waals surface area contributed by atoms with Crippen LogP contribution in [0.2, 0.25) is 5.02 Å². The van der Waals surface area contributed by atoms with E-state index in [0.717, 1.165) is 0 Å². The van der Waals surface area contributed by atoms with Crippen LogP contribution < -0.4 is 11.1 Å². The predicted octanol–water partition coefficient (Wildman–Crippen LogP) is 3.02. The summed E-state index contributed by atoms with van der Waals surface area (Å²) in [4.78, 5) is 27.3. The summed E-state index contributed by atoms with van der Waals surface area (Å²) < 4.78 is 10.1. The number of rotatable bonds is 2. The number of H-pyrrole nitrogens is 1. The number of methoxy groups -OCH3 is 1. The van der Waals surface area contributed by atoms with Crippen LogP contribution in [0, 0.1) is 12.3 Å². The van der Waals surface area contributed by atoms with Gasteiger partial charge in [0.1, 0.15) is 11.1 Å². The molecule has 0 spiro atoms. The van der Waals surface area contributed by atoms with Gasteiger partial charge in [0, 0.05) is 22.3 Å². The Labute approximate surface area is 141 Å². The van der Waals surface area contributed by atoms with E-state index in [4.69, 9.17) is 26.2 Å². The molecule has 0 bridgehead atoms. The third kappa shape index (κ3) is 2.61. The van der Waals surface area contributed by atoms with Crippen LogP contribution in [0.4, 0.5) is 0 Å². The summed E-state index contributed by atoms with van der Waals surface area (Å²) in [5.74, 6) is -0.754. The number of hydrogen-bond acceptors (Lipinski definition) is 5. The van der Waals surface area contributed by atoms with E-state index in [1.807, 2.05) is 0 Å². The zero-order chi connectivity index (χ0) is 17.4. The summed E-state index contributed by atoms with van der Waals surface area (Å²) in [6.45, 7) is 1.70. The van der Waals surface area contributed by atoms with Crippen molar-refractivity contribution in [2.24, 2.45) is 0 Å². The van der Waals surface area contributed by atoms with Crippen molar-refractivity contribution in [3.05, 3.63) is 62.5 Å². The average molecular weight is 345 g/mol. The molecule has 24 heavy (non-hydrogen) atoms. The predicted molar refractivity (Wildman–Crippen MR) is 89.2 cm³/mol. The first-order valence-corrected chi connectivity index (χ1v) is 7.39. The summed E-state index contributed by atoms with van der Waals surface area (Å²) in [7, 11) is 1.21. The normalized spacial score (nSPS) is 10.8. The highest BCUT2D eigenvalue weighted by Crippen LogP contribution is 2.29. The van der Waals surface area contributed by atoms with Crippen LogP contribution in [-0.2, 0) is 4.74 Å². The van der Waals surface area contributed by atoms with E-state index in [0.29, 0.717) is 16.3 Å². The molecule has 0 atom stereocenters. The molecule has 2 heterocycles. The Hall–Kier alpha value is -2.86. The number of fused-ring (bicyclic) bond motifs is 1. The van der Waals surface area contributed by atoms with Crippen LogP contribution in [0.1, 0.15) is 16.1 Å². The molecular weight excluding hydrogens is 332 g/mol. The molecule has 122 valence electrons. The molecule has 2 N–H and O–H groups in total. The van der Waals surface area contributed by atoms with Gasteiger partial charge in [0.15, 0.2) is 0 Å². The highest BCUT2D eigenvalue weighted by Gasteiger charge is 2.23. The van der Waals surface area contributed by atoms with Gasteiger partial charge in [-0.15, -0.1) is 0 Å². The van der Waals surface area contributed by atoms with Crippen LogP contribution >= 0.6 is 11.6 Å². The van der Waals surface area contributed by atoms with Crippen molar-refractivity contribution in [3.8, 4) is 11.1 Å². The number of esters is 1. The van der Waals surface area contributed by atoms with Gasteiger partial charge in [-0.3, -0.25) is 10.2 Å². The summed E-state index contributed by atoms with van der Waals surface area (Å²) in [5.41, 5.74) is 0.756. The first-order chi connectivity index (χ1) is 11.4. The molecular formula is C17H13ClN2O4. The van der Waals surface area contributed by atoms with E-state index in [9.17, 15) is 9.59 Å². The molecule has 0 amide bonds. The largest absolute Gasteiger partial charge is 0.465 e. The number of carbonyl (C=O) groups is 1. The van der Waals surface area contributed by atoms with Crippen molar-refractivity contribution in [2.75, 3.05) is 7.11 Å². The van der Waals surface area contributed by atoms with Crippen LogP contribution in [-0.4, -0.2) is 18.1 Å². The number of aromatic amines is 1. The Bertz CT molecular complexity index is 1060. The van der Waals surface area contributed by atoms with E-state index in [1.165, 1.54) is 7.11 Å². The lowest BCUT2D eigenvalue weighted by Gasteiger charge is -2.11. The summed E-state index contributed by atoms with van der Waals surface area (Å²) in [6, 6.07) is 8.22. The Kier molecular flexibility index (Phi) is 3.99. The number of nitrogens with one attached hydrogen (secondary N) is 2. The molecule has 0 radical (unpaired) electrons. The fourth-order valence-electron chi connectivity index (χ4n) is 2.58. The molecule has 0 saturated heterocycles. The fourth-order valence-corrected chi connectivity index (χ4v) is 2.70. The van der Waals surface area contributed by atoms with Gasteiger partial charge in [-0.25, -0.2) is 4.79 Å². The zero-order valence-electron chi connectivity index (χ0n) is 12.9. The lowest BCUT2D eigenvalue weighted by molar-refractivity contribution is 0.0596. The van der Waals surface area contributed by atoms with Gasteiger partial charge in [0.2, 0.25) is 5.55 Å². The van der Waals surface area contributed by atoms with Crippen molar-refractivity contribution < 1.29 is 13.9 Å². The molecule has 0 aliphatic rings. The van der Waals surface area contributed by atoms with Gasteiger partial charge in [0.25, 0.3) is 5.56 Å². The van der Waals surface area contributed by atoms with Crippen LogP contribution in [0.15, 0.2) is 39.5 Å². The first kappa shape index (κ1) is 16.0. The van der Waals surface area contributed by atoms with Gasteiger partial charge >= 0.3 is 5.97 Å². The number of carbonyl (C=O) groups excluding carboxylic acids is 1. The SMILES string of the molecule is COC(=O)c1c(-c2ccc(Cl)cc2)c2c(=O)[nH]c(C)cc2oc1=N. The number of ether oxygens (including phenoxy) is 1. The monoisotopic (exact) mass is 344 g/mol. The van der Waals surface area contributed by atoms with Gasteiger partial charge in [0.05, 0.1) is 12.5 Å². The molecule has 1 aromatic carbocycles. The molecule has 0 fully saturated rings. The minimum absolute atomic E-state index is 0.110. The Morgan fingerprint density at radius 2 is 1.96 bits per heavy atom. The summed E-state index contributed by atoms with van der Waals surface area (Å²) >= 11 is 5.92. The van der Waals surface area contributed by atoms with Crippen molar-refractivity contribution >= 4 is 28.5 Å². The number of benzene rings is 1. The van der Waals surface area contributed by atoms with Crippen molar-refractivity contribution in [3.63, 3.8) is 0 Å². The maximum Gasteiger partial charge on any atom is 0.344 e. The second kappa shape index (κ2) is 5.98. The van der Waals surface area contributed by atoms with Crippen molar-refractivity contribution in [2.45, 2.75) is 6.92 Å². The van der Waals surface area contributed by atoms with Crippen molar-refractivity contribution in [1.82, 2.24) is 4.98 Å². The number of hydrogen-bond donors (Lipinski definition) is 2. The van der Waals surface area contributed by atoms with Gasteiger partial charge in [-0.05, 0) is 24.6 Å². The quantitative estimate of drug-likeness (QED) is 0.698. The van der Waals surface area contributed by atoms with Gasteiger partial charge in [-0.1, -0.05) is 23.7 Å². The van der Waals surface area contributed by atoms with E-state index in [1.54, 1.807) is 37.3 Å². The minimum Gasteiger partial charge on any atom is -0.465 e. The number of pyridine rings is 1. The molecule has 0 unspecified atom stereocenters. The summed E-state index contributed by atoms with van der Waals surface area (Å²) in [6.07, 6.45) is 0. The number of aromatic nitrogens is 1. The third-order valence-electron chi connectivity index (χ3n) is 3.59. The second-order valence-electron chi connectivity index (χ2n) is 5.20. The zero-order valence-corrected chi connectivity index (χ0v) is 13.7. The number of aryl methyl sites for hydroxylation is 1. The van der Waals surface area contributed by atoms with Crippen molar-refractivity contribution in [1.29, 1.82) is 5.41 Å². The highest BCUT2D eigenvalue weighted by molar-refractivity contribution is 6.30. The van der Waals surface area contributed by atoms with E-state index in [2.05, 4.69) is 4.98 Å². The van der Waals surface area contributed by atoms with E-state index >= 15 is 0 Å². The average Bonchev–Trinajstić information content (AvgIpc) is 2.53. The molecule has 3 aromatic rings. The maximum atomic E-state index is 12.5. The second-order valence-corrected chi connectivity index (χ2v) is 5.64. The lowest BCUT2D eigenvalue weighted by atomic mass is 9.97. The molecule has 0 aliphatic heterocycles. The third-order valence-corrected chi connectivity index (χ3v) is 3.85. The smallest absolute Gasteiger partial charge is 0.344 e. The van der Waals surface area contributed by atoms with Crippen LogP contribution in [0.5, 0.6) is 0 Å². The molecule has 7 heteroatoms. The van der Waals surface area contributed by atoms with E-state index in [-0.39, 0.29) is 27.7 Å².